The highest BCUT2D eigenvalue weighted by Gasteiger charge is 2.19. The van der Waals surface area contributed by atoms with Crippen LogP contribution < -0.4 is 4.74 Å². The number of ether oxygens (including phenoxy) is 2. The van der Waals surface area contributed by atoms with Crippen LogP contribution in [-0.2, 0) is 16.0 Å². The van der Waals surface area contributed by atoms with Gasteiger partial charge in [0.1, 0.15) is 5.75 Å². The van der Waals surface area contributed by atoms with Crippen molar-refractivity contribution in [3.8, 4) is 5.75 Å². The van der Waals surface area contributed by atoms with E-state index in [9.17, 15) is 9.59 Å². The molecule has 3 rings (SSSR count). The normalized spacial score (nSPS) is 10.7. The van der Waals surface area contributed by atoms with Crippen LogP contribution in [0.4, 0.5) is 0 Å². The van der Waals surface area contributed by atoms with Crippen molar-refractivity contribution in [2.45, 2.75) is 6.42 Å². The van der Waals surface area contributed by atoms with Crippen LogP contribution in [0.1, 0.15) is 16.1 Å². The van der Waals surface area contributed by atoms with E-state index in [2.05, 4.69) is 5.10 Å². The SMILES string of the molecule is COC(=O)Cc1nn(C(=O)c2ccc(Cl)cc2)c2ccc(OC)cc12. The Morgan fingerprint density at radius 3 is 2.48 bits per heavy atom. The topological polar surface area (TPSA) is 70.4 Å². The molecule has 1 aromatic heterocycles. The van der Waals surface area contributed by atoms with E-state index >= 15 is 0 Å². The summed E-state index contributed by atoms with van der Waals surface area (Å²) in [5.41, 5.74) is 1.47. The van der Waals surface area contributed by atoms with E-state index in [0.29, 0.717) is 32.9 Å². The molecule has 0 N–H and O–H groups in total. The van der Waals surface area contributed by atoms with Gasteiger partial charge >= 0.3 is 5.97 Å². The average molecular weight is 359 g/mol. The number of halogens is 1. The molecule has 1 heterocycles. The number of hydrogen-bond acceptors (Lipinski definition) is 5. The van der Waals surface area contributed by atoms with Crippen LogP contribution in [0.25, 0.3) is 10.9 Å². The highest BCUT2D eigenvalue weighted by Crippen LogP contribution is 2.25. The van der Waals surface area contributed by atoms with Crippen LogP contribution in [0, 0.1) is 0 Å². The molecular formula is C18H15ClN2O4. The van der Waals surface area contributed by atoms with Gasteiger partial charge in [0.2, 0.25) is 0 Å². The average Bonchev–Trinajstić information content (AvgIpc) is 2.99. The highest BCUT2D eigenvalue weighted by molar-refractivity contribution is 6.30. The van der Waals surface area contributed by atoms with E-state index in [1.54, 1.807) is 49.6 Å². The number of hydrogen-bond donors (Lipinski definition) is 0. The fraction of sp³-hybridized carbons (Fsp3) is 0.167. The van der Waals surface area contributed by atoms with Gasteiger partial charge in [0, 0.05) is 16.0 Å². The largest absolute Gasteiger partial charge is 0.497 e. The molecule has 0 aliphatic heterocycles. The monoisotopic (exact) mass is 358 g/mol. The number of nitrogens with zero attached hydrogens (tertiary/aromatic N) is 2. The standard InChI is InChI=1S/C18H15ClN2O4/c1-24-13-7-8-16-14(9-13)15(10-17(22)25-2)20-21(16)18(23)11-3-5-12(19)6-4-11/h3-9H,10H2,1-2H3. The van der Waals surface area contributed by atoms with E-state index in [1.165, 1.54) is 11.8 Å². The van der Waals surface area contributed by atoms with Gasteiger partial charge in [0.15, 0.2) is 0 Å². The molecule has 6 nitrogen and oxygen atoms in total. The van der Waals surface area contributed by atoms with Crippen molar-refractivity contribution in [3.05, 3.63) is 58.7 Å². The molecule has 0 aliphatic rings. The second-order valence-corrected chi connectivity index (χ2v) is 5.74. The number of benzene rings is 2. The van der Waals surface area contributed by atoms with Crippen LogP contribution >= 0.6 is 11.6 Å². The van der Waals surface area contributed by atoms with Gasteiger partial charge in [-0.05, 0) is 42.5 Å². The molecule has 0 bridgehead atoms. The number of methoxy groups -OCH3 is 2. The molecule has 0 saturated heterocycles. The number of aromatic nitrogens is 2. The first-order valence-electron chi connectivity index (χ1n) is 7.46. The second-order valence-electron chi connectivity index (χ2n) is 5.31. The molecule has 0 atom stereocenters. The number of rotatable bonds is 4. The molecule has 128 valence electrons. The lowest BCUT2D eigenvalue weighted by molar-refractivity contribution is -0.139. The smallest absolute Gasteiger partial charge is 0.311 e. The van der Waals surface area contributed by atoms with Crippen LogP contribution in [0.3, 0.4) is 0 Å². The Hall–Kier alpha value is -2.86. The summed E-state index contributed by atoms with van der Waals surface area (Å²) in [4.78, 5) is 24.5. The molecule has 0 fully saturated rings. The summed E-state index contributed by atoms with van der Waals surface area (Å²) in [7, 11) is 2.85. The van der Waals surface area contributed by atoms with Crippen molar-refractivity contribution in [3.63, 3.8) is 0 Å². The van der Waals surface area contributed by atoms with Gasteiger partial charge in [0.25, 0.3) is 5.91 Å². The van der Waals surface area contributed by atoms with Gasteiger partial charge in [-0.1, -0.05) is 11.6 Å². The van der Waals surface area contributed by atoms with E-state index in [4.69, 9.17) is 21.1 Å². The molecule has 0 saturated carbocycles. The Kier molecular flexibility index (Phi) is 4.72. The molecule has 0 unspecified atom stereocenters. The maximum atomic E-state index is 12.8. The van der Waals surface area contributed by atoms with E-state index in [1.807, 2.05) is 0 Å². The summed E-state index contributed by atoms with van der Waals surface area (Å²) in [5.74, 6) is -0.145. The van der Waals surface area contributed by atoms with Crippen molar-refractivity contribution in [2.24, 2.45) is 0 Å². The fourth-order valence-electron chi connectivity index (χ4n) is 2.50. The summed E-state index contributed by atoms with van der Waals surface area (Å²) in [6.45, 7) is 0. The summed E-state index contributed by atoms with van der Waals surface area (Å²) < 4.78 is 11.2. The Morgan fingerprint density at radius 1 is 1.12 bits per heavy atom. The maximum absolute atomic E-state index is 12.8. The minimum absolute atomic E-state index is 0.0406. The predicted molar refractivity (Wildman–Crippen MR) is 93.2 cm³/mol. The summed E-state index contributed by atoms with van der Waals surface area (Å²) in [5, 5.41) is 5.53. The van der Waals surface area contributed by atoms with Crippen LogP contribution in [0.2, 0.25) is 5.02 Å². The van der Waals surface area contributed by atoms with Crippen molar-refractivity contribution in [1.82, 2.24) is 9.78 Å². The molecule has 25 heavy (non-hydrogen) atoms. The molecular weight excluding hydrogens is 344 g/mol. The second kappa shape index (κ2) is 6.94. The van der Waals surface area contributed by atoms with Gasteiger partial charge in [0.05, 0.1) is 31.9 Å². The molecule has 0 aliphatic carbocycles. The summed E-state index contributed by atoms with van der Waals surface area (Å²) >= 11 is 5.87. The molecule has 0 spiro atoms. The Bertz CT molecular complexity index is 948. The Labute approximate surface area is 148 Å². The van der Waals surface area contributed by atoms with Crippen molar-refractivity contribution in [2.75, 3.05) is 14.2 Å². The van der Waals surface area contributed by atoms with Crippen LogP contribution in [-0.4, -0.2) is 35.9 Å². The highest BCUT2D eigenvalue weighted by atomic mass is 35.5. The van der Waals surface area contributed by atoms with Crippen LogP contribution in [0.15, 0.2) is 42.5 Å². The lowest BCUT2D eigenvalue weighted by Gasteiger charge is -2.03. The van der Waals surface area contributed by atoms with Gasteiger partial charge in [-0.15, -0.1) is 0 Å². The third kappa shape index (κ3) is 3.34. The lowest BCUT2D eigenvalue weighted by Crippen LogP contribution is -2.14. The van der Waals surface area contributed by atoms with Gasteiger partial charge < -0.3 is 9.47 Å². The maximum Gasteiger partial charge on any atom is 0.311 e. The third-order valence-electron chi connectivity index (χ3n) is 3.79. The quantitative estimate of drug-likeness (QED) is 0.670. The van der Waals surface area contributed by atoms with Gasteiger partial charge in [-0.3, -0.25) is 9.59 Å². The van der Waals surface area contributed by atoms with Crippen molar-refractivity contribution >= 4 is 34.4 Å². The fourth-order valence-corrected chi connectivity index (χ4v) is 2.62. The van der Waals surface area contributed by atoms with Crippen molar-refractivity contribution < 1.29 is 19.1 Å². The minimum atomic E-state index is -0.437. The first-order chi connectivity index (χ1) is 12.0. The van der Waals surface area contributed by atoms with Crippen molar-refractivity contribution in [1.29, 1.82) is 0 Å². The zero-order valence-electron chi connectivity index (χ0n) is 13.7. The van der Waals surface area contributed by atoms with E-state index in [0.717, 1.165) is 0 Å². The number of carbonyl (C=O) groups excluding carboxylic acids is 2. The first kappa shape index (κ1) is 17.0. The molecule has 7 heteroatoms. The minimum Gasteiger partial charge on any atom is -0.497 e. The third-order valence-corrected chi connectivity index (χ3v) is 4.04. The summed E-state index contributed by atoms with van der Waals surface area (Å²) in [6.07, 6.45) is -0.0406. The molecule has 2 aromatic carbocycles. The molecule has 0 radical (unpaired) electrons. The van der Waals surface area contributed by atoms with E-state index in [-0.39, 0.29) is 12.3 Å². The summed E-state index contributed by atoms with van der Waals surface area (Å²) in [6, 6.07) is 11.7. The number of carbonyl (C=O) groups is 2. The molecule has 3 aromatic rings. The lowest BCUT2D eigenvalue weighted by atomic mass is 10.1. The van der Waals surface area contributed by atoms with E-state index < -0.39 is 5.97 Å². The Balaban J connectivity index is 2.12. The van der Waals surface area contributed by atoms with Gasteiger partial charge in [-0.2, -0.15) is 9.78 Å². The first-order valence-corrected chi connectivity index (χ1v) is 7.84. The molecule has 0 amide bonds. The number of fused-ring (bicyclic) bond motifs is 1. The zero-order chi connectivity index (χ0) is 18.0. The van der Waals surface area contributed by atoms with Crippen LogP contribution in [0.5, 0.6) is 5.75 Å². The Morgan fingerprint density at radius 2 is 1.84 bits per heavy atom. The predicted octanol–water partition coefficient (Wildman–Crippen LogP) is 3.10. The van der Waals surface area contributed by atoms with Gasteiger partial charge in [-0.25, -0.2) is 0 Å². The zero-order valence-corrected chi connectivity index (χ0v) is 14.4. The number of esters is 1.